The van der Waals surface area contributed by atoms with Crippen molar-refractivity contribution < 1.29 is 9.21 Å². The molecule has 3 heterocycles. The summed E-state index contributed by atoms with van der Waals surface area (Å²) in [6.45, 7) is 3.32. The number of aromatic nitrogens is 4. The summed E-state index contributed by atoms with van der Waals surface area (Å²) in [6.07, 6.45) is 11.1. The second-order valence-electron chi connectivity index (χ2n) is 7.47. The summed E-state index contributed by atoms with van der Waals surface area (Å²) in [7, 11) is 0. The first-order valence-electron chi connectivity index (χ1n) is 10.5. The maximum Gasteiger partial charge on any atom is 0.233 e. The predicted octanol–water partition coefficient (Wildman–Crippen LogP) is 4.25. The van der Waals surface area contributed by atoms with Crippen molar-refractivity contribution in [2.75, 3.05) is 12.3 Å². The normalized spacial score (nSPS) is 14.7. The molecule has 30 heavy (non-hydrogen) atoms. The predicted molar refractivity (Wildman–Crippen MR) is 116 cm³/mol. The summed E-state index contributed by atoms with van der Waals surface area (Å²) in [4.78, 5) is 19.2. The van der Waals surface area contributed by atoms with E-state index in [2.05, 4.69) is 22.1 Å². The number of pyridine rings is 1. The monoisotopic (exact) mass is 425 g/mol. The van der Waals surface area contributed by atoms with E-state index in [1.54, 1.807) is 18.7 Å². The zero-order valence-electron chi connectivity index (χ0n) is 17.2. The molecule has 1 aliphatic rings. The number of amides is 1. The van der Waals surface area contributed by atoms with E-state index in [1.807, 2.05) is 33.7 Å². The van der Waals surface area contributed by atoms with E-state index in [4.69, 9.17) is 4.42 Å². The third-order valence-corrected chi connectivity index (χ3v) is 6.48. The molecule has 0 radical (unpaired) electrons. The van der Waals surface area contributed by atoms with Crippen molar-refractivity contribution in [1.82, 2.24) is 24.6 Å². The highest BCUT2D eigenvalue weighted by molar-refractivity contribution is 7.99. The third-order valence-electron chi connectivity index (χ3n) is 5.53. The van der Waals surface area contributed by atoms with E-state index in [0.29, 0.717) is 29.3 Å². The van der Waals surface area contributed by atoms with E-state index in [-0.39, 0.29) is 5.91 Å². The van der Waals surface area contributed by atoms with Crippen molar-refractivity contribution >= 4 is 17.7 Å². The van der Waals surface area contributed by atoms with Crippen molar-refractivity contribution in [1.29, 1.82) is 0 Å². The molecule has 8 heteroatoms. The maximum absolute atomic E-state index is 13.0. The zero-order chi connectivity index (χ0) is 20.8. The molecule has 0 unspecified atom stereocenters. The number of carbonyl (C=O) groups excluding carboxylic acids is 1. The fraction of sp³-hybridized carbons (Fsp3) is 0.455. The van der Waals surface area contributed by atoms with Gasteiger partial charge in [-0.15, -0.1) is 10.2 Å². The standard InChI is InChI=1S/C22H27N5O2S/c1-2-26(18-9-4-3-5-10-18)20(28)16-30-22-25-24-21(17-8-6-12-23-14-17)27(22)15-19-11-7-13-29-19/h6-8,11-14,18H,2-5,9-10,15-16H2,1H3. The Morgan fingerprint density at radius 1 is 1.23 bits per heavy atom. The van der Waals surface area contributed by atoms with Crippen LogP contribution in [0.5, 0.6) is 0 Å². The minimum Gasteiger partial charge on any atom is -0.467 e. The number of nitrogens with zero attached hydrogens (tertiary/aromatic N) is 5. The molecule has 0 saturated heterocycles. The molecule has 1 saturated carbocycles. The van der Waals surface area contributed by atoms with E-state index >= 15 is 0 Å². The van der Waals surface area contributed by atoms with Crippen LogP contribution in [-0.2, 0) is 11.3 Å². The maximum atomic E-state index is 13.0. The van der Waals surface area contributed by atoms with E-state index in [0.717, 1.165) is 30.7 Å². The van der Waals surface area contributed by atoms with Crippen molar-refractivity contribution in [3.05, 3.63) is 48.7 Å². The topological polar surface area (TPSA) is 77.1 Å². The number of carbonyl (C=O) groups is 1. The van der Waals surface area contributed by atoms with Crippen LogP contribution in [-0.4, -0.2) is 48.9 Å². The smallest absolute Gasteiger partial charge is 0.233 e. The largest absolute Gasteiger partial charge is 0.467 e. The third kappa shape index (κ3) is 4.75. The van der Waals surface area contributed by atoms with Crippen molar-refractivity contribution in [2.45, 2.75) is 56.8 Å². The first kappa shape index (κ1) is 20.7. The lowest BCUT2D eigenvalue weighted by Gasteiger charge is -2.33. The SMILES string of the molecule is CCN(C(=O)CSc1nnc(-c2cccnc2)n1Cc1ccco1)C1CCCCC1. The molecule has 1 fully saturated rings. The highest BCUT2D eigenvalue weighted by Gasteiger charge is 2.25. The summed E-state index contributed by atoms with van der Waals surface area (Å²) >= 11 is 1.44. The van der Waals surface area contributed by atoms with Crippen LogP contribution in [0, 0.1) is 0 Å². The molecule has 0 spiro atoms. The molecule has 7 nitrogen and oxygen atoms in total. The van der Waals surface area contributed by atoms with Gasteiger partial charge in [-0.2, -0.15) is 0 Å². The van der Waals surface area contributed by atoms with Gasteiger partial charge in [-0.25, -0.2) is 0 Å². The van der Waals surface area contributed by atoms with E-state index < -0.39 is 0 Å². The van der Waals surface area contributed by atoms with Gasteiger partial charge in [0.2, 0.25) is 5.91 Å². The Labute approximate surface area is 180 Å². The lowest BCUT2D eigenvalue weighted by Crippen LogP contribution is -2.42. The van der Waals surface area contributed by atoms with Crippen molar-refractivity contribution in [2.24, 2.45) is 0 Å². The molecule has 1 amide bonds. The molecular formula is C22H27N5O2S. The quantitative estimate of drug-likeness (QED) is 0.502. The first-order valence-corrected chi connectivity index (χ1v) is 11.5. The molecule has 4 rings (SSSR count). The van der Waals surface area contributed by atoms with Gasteiger partial charge in [0.1, 0.15) is 5.76 Å². The Morgan fingerprint density at radius 3 is 2.80 bits per heavy atom. The van der Waals surface area contributed by atoms with Gasteiger partial charge in [0.25, 0.3) is 0 Å². The fourth-order valence-electron chi connectivity index (χ4n) is 4.05. The zero-order valence-corrected chi connectivity index (χ0v) is 18.1. The van der Waals surface area contributed by atoms with Gasteiger partial charge in [0.15, 0.2) is 11.0 Å². The summed E-state index contributed by atoms with van der Waals surface area (Å²) in [5.41, 5.74) is 0.882. The number of hydrogen-bond acceptors (Lipinski definition) is 6. The molecule has 158 valence electrons. The lowest BCUT2D eigenvalue weighted by atomic mass is 9.94. The first-order chi connectivity index (χ1) is 14.8. The molecule has 1 aliphatic carbocycles. The molecule has 3 aromatic rings. The summed E-state index contributed by atoms with van der Waals surface area (Å²) in [5, 5.41) is 9.47. The highest BCUT2D eigenvalue weighted by atomic mass is 32.2. The second kappa shape index (κ2) is 9.93. The van der Waals surface area contributed by atoms with Gasteiger partial charge < -0.3 is 9.32 Å². The van der Waals surface area contributed by atoms with Crippen LogP contribution < -0.4 is 0 Å². The Balaban J connectivity index is 1.51. The van der Waals surface area contributed by atoms with Crippen molar-refractivity contribution in [3.8, 4) is 11.4 Å². The molecule has 0 bridgehead atoms. The number of furan rings is 1. The lowest BCUT2D eigenvalue weighted by molar-refractivity contribution is -0.131. The van der Waals surface area contributed by atoms with E-state index in [9.17, 15) is 4.79 Å². The fourth-order valence-corrected chi connectivity index (χ4v) is 4.87. The Kier molecular flexibility index (Phi) is 6.84. The summed E-state index contributed by atoms with van der Waals surface area (Å²) < 4.78 is 7.53. The van der Waals surface area contributed by atoms with Crippen LogP contribution in [0.15, 0.2) is 52.5 Å². The minimum atomic E-state index is 0.171. The molecule has 0 aromatic carbocycles. The second-order valence-corrected chi connectivity index (χ2v) is 8.42. The summed E-state index contributed by atoms with van der Waals surface area (Å²) in [6, 6.07) is 8.00. The molecular weight excluding hydrogens is 398 g/mol. The van der Waals surface area contributed by atoms with Gasteiger partial charge in [-0.05, 0) is 44.0 Å². The molecule has 0 N–H and O–H groups in total. The van der Waals surface area contributed by atoms with Gasteiger partial charge in [0.05, 0.1) is 18.6 Å². The summed E-state index contributed by atoms with van der Waals surface area (Å²) in [5.74, 6) is 2.05. The Bertz CT molecular complexity index is 936. The molecule has 0 aliphatic heterocycles. The number of thioether (sulfide) groups is 1. The van der Waals surface area contributed by atoms with E-state index in [1.165, 1.54) is 31.0 Å². The van der Waals surface area contributed by atoms with Crippen LogP contribution in [0.25, 0.3) is 11.4 Å². The van der Waals surface area contributed by atoms with Crippen LogP contribution >= 0.6 is 11.8 Å². The molecule has 3 aromatic heterocycles. The molecule has 0 atom stereocenters. The highest BCUT2D eigenvalue weighted by Crippen LogP contribution is 2.27. The van der Waals surface area contributed by atoms with Gasteiger partial charge in [0, 0.05) is 30.5 Å². The Hall–Kier alpha value is -2.61. The number of rotatable bonds is 8. The Morgan fingerprint density at radius 2 is 2.10 bits per heavy atom. The van der Waals surface area contributed by atoms with Crippen LogP contribution in [0.1, 0.15) is 44.8 Å². The van der Waals surface area contributed by atoms with Crippen LogP contribution in [0.2, 0.25) is 0 Å². The van der Waals surface area contributed by atoms with Gasteiger partial charge in [-0.1, -0.05) is 31.0 Å². The average Bonchev–Trinajstić information content (AvgIpc) is 3.45. The van der Waals surface area contributed by atoms with Gasteiger partial charge >= 0.3 is 0 Å². The minimum absolute atomic E-state index is 0.171. The van der Waals surface area contributed by atoms with Crippen LogP contribution in [0.4, 0.5) is 0 Å². The van der Waals surface area contributed by atoms with Crippen molar-refractivity contribution in [3.63, 3.8) is 0 Å². The average molecular weight is 426 g/mol. The number of hydrogen-bond donors (Lipinski definition) is 0. The van der Waals surface area contributed by atoms with Crippen LogP contribution in [0.3, 0.4) is 0 Å². The van der Waals surface area contributed by atoms with Gasteiger partial charge in [-0.3, -0.25) is 14.3 Å².